The fourth-order valence-electron chi connectivity index (χ4n) is 4.56. The number of rotatable bonds is 8. The van der Waals surface area contributed by atoms with E-state index in [1.165, 1.54) is 19.3 Å². The number of piperidine rings is 1. The first-order valence-corrected chi connectivity index (χ1v) is 12.2. The molecular weight excluding hydrogens is 446 g/mol. The molecule has 1 N–H and O–H groups in total. The highest BCUT2D eigenvalue weighted by Crippen LogP contribution is 2.37. The van der Waals surface area contributed by atoms with Crippen molar-refractivity contribution < 1.29 is 23.7 Å². The number of allylic oxidation sites excluding steroid dienone is 4. The van der Waals surface area contributed by atoms with Gasteiger partial charge in [-0.15, -0.1) is 0 Å². The summed E-state index contributed by atoms with van der Waals surface area (Å²) >= 11 is 0. The number of carbonyl (C=O) groups excluding carboxylic acids is 1. The van der Waals surface area contributed by atoms with Crippen molar-refractivity contribution in [3.63, 3.8) is 0 Å². The largest absolute Gasteiger partial charge is 0.493 e. The summed E-state index contributed by atoms with van der Waals surface area (Å²) in [6.45, 7) is 7.42. The molecule has 1 unspecified atom stereocenters. The highest BCUT2D eigenvalue weighted by molar-refractivity contribution is 5.88. The lowest BCUT2D eigenvalue weighted by Crippen LogP contribution is -2.35. The van der Waals surface area contributed by atoms with Crippen LogP contribution in [-0.4, -0.2) is 56.4 Å². The van der Waals surface area contributed by atoms with Gasteiger partial charge in [-0.1, -0.05) is 13.3 Å². The van der Waals surface area contributed by atoms with Gasteiger partial charge in [-0.25, -0.2) is 4.79 Å². The average Bonchev–Trinajstić information content (AvgIpc) is 2.87. The maximum absolute atomic E-state index is 12.4. The summed E-state index contributed by atoms with van der Waals surface area (Å²) in [4.78, 5) is 19.2. The lowest BCUT2D eigenvalue weighted by Gasteiger charge is -2.27. The van der Waals surface area contributed by atoms with Gasteiger partial charge in [0.1, 0.15) is 18.1 Å². The first-order chi connectivity index (χ1) is 17.0. The molecule has 35 heavy (non-hydrogen) atoms. The van der Waals surface area contributed by atoms with Crippen molar-refractivity contribution in [3.8, 4) is 17.2 Å². The third-order valence-electron chi connectivity index (χ3n) is 6.61. The van der Waals surface area contributed by atoms with Gasteiger partial charge in [0.25, 0.3) is 0 Å². The van der Waals surface area contributed by atoms with Crippen molar-refractivity contribution in [3.05, 3.63) is 47.5 Å². The maximum Gasteiger partial charge on any atom is 0.411 e. The molecule has 4 rings (SSSR count). The summed E-state index contributed by atoms with van der Waals surface area (Å²) < 4.78 is 22.6. The summed E-state index contributed by atoms with van der Waals surface area (Å²) in [5, 5.41) is 3.77. The Morgan fingerprint density at radius 1 is 1.11 bits per heavy atom. The van der Waals surface area contributed by atoms with E-state index >= 15 is 0 Å². The molecular formula is C27H35N3O5. The molecule has 8 heteroatoms. The number of pyridine rings is 1. The van der Waals surface area contributed by atoms with Crippen LogP contribution in [0.15, 0.2) is 47.5 Å². The highest BCUT2D eigenvalue weighted by atomic mass is 16.5. The predicted octanol–water partition coefficient (Wildman–Crippen LogP) is 5.04. The molecule has 1 aliphatic carbocycles. The minimum Gasteiger partial charge on any atom is -0.493 e. The molecule has 0 saturated carbocycles. The Bertz CT molecular complexity index is 1120. The molecule has 8 nitrogen and oxygen atoms in total. The number of benzene rings is 1. The number of likely N-dealkylation sites (tertiary alicyclic amines) is 1. The molecule has 1 aliphatic heterocycles. The fourth-order valence-corrected chi connectivity index (χ4v) is 4.56. The van der Waals surface area contributed by atoms with Gasteiger partial charge < -0.3 is 18.9 Å². The fraction of sp³-hybridized carbons (Fsp3) is 0.481. The second-order valence-corrected chi connectivity index (χ2v) is 9.11. The third-order valence-corrected chi connectivity index (χ3v) is 6.61. The molecule has 1 aromatic heterocycles. The SMILES string of the molecule is COc1cc2nccc(OC3=C(C)C=C(NC(=O)OCCN4CCCCC4)C(C)C3)c2cc1OC. The minimum atomic E-state index is -0.404. The number of hydrogen-bond donors (Lipinski definition) is 1. The lowest BCUT2D eigenvalue weighted by molar-refractivity contribution is 0.122. The average molecular weight is 482 g/mol. The normalized spacial score (nSPS) is 18.7. The lowest BCUT2D eigenvalue weighted by atomic mass is 9.93. The molecule has 2 aromatic rings. The van der Waals surface area contributed by atoms with Crippen molar-refractivity contribution >= 4 is 17.0 Å². The van der Waals surface area contributed by atoms with Gasteiger partial charge in [0, 0.05) is 42.2 Å². The smallest absolute Gasteiger partial charge is 0.411 e. The molecule has 1 aromatic carbocycles. The summed E-state index contributed by atoms with van der Waals surface area (Å²) in [7, 11) is 3.21. The van der Waals surface area contributed by atoms with Gasteiger partial charge in [-0.3, -0.25) is 15.2 Å². The standard InChI is InChI=1S/C27H35N3O5/c1-18-15-24(35-23-8-9-28-22-17-26(33-4)25(32-3)16-20(22)23)19(2)14-21(18)29-27(31)34-13-12-30-10-6-5-7-11-30/h8-9,14,16-18H,5-7,10-13,15H2,1-4H3,(H,29,31). The van der Waals surface area contributed by atoms with E-state index in [2.05, 4.69) is 22.1 Å². The van der Waals surface area contributed by atoms with Gasteiger partial charge in [0.15, 0.2) is 11.5 Å². The van der Waals surface area contributed by atoms with E-state index in [4.69, 9.17) is 18.9 Å². The Balaban J connectivity index is 1.43. The van der Waals surface area contributed by atoms with Crippen molar-refractivity contribution in [2.75, 3.05) is 40.5 Å². The second kappa shape index (κ2) is 11.4. The molecule has 2 heterocycles. The number of carbonyl (C=O) groups is 1. The molecule has 1 saturated heterocycles. The number of alkyl carbamates (subject to hydrolysis) is 1. The van der Waals surface area contributed by atoms with Gasteiger partial charge in [-0.2, -0.15) is 0 Å². The molecule has 0 radical (unpaired) electrons. The molecule has 1 amide bonds. The van der Waals surface area contributed by atoms with Crippen LogP contribution in [0.3, 0.4) is 0 Å². The van der Waals surface area contributed by atoms with Gasteiger partial charge in [-0.05, 0) is 56.6 Å². The van der Waals surface area contributed by atoms with Crippen LogP contribution in [0.1, 0.15) is 39.5 Å². The zero-order valence-electron chi connectivity index (χ0n) is 21.1. The Morgan fingerprint density at radius 2 is 1.86 bits per heavy atom. The van der Waals surface area contributed by atoms with Crippen LogP contribution in [0.4, 0.5) is 4.79 Å². The number of amides is 1. The molecule has 1 atom stereocenters. The van der Waals surface area contributed by atoms with E-state index in [0.717, 1.165) is 47.6 Å². The molecule has 0 bridgehead atoms. The maximum atomic E-state index is 12.4. The summed E-state index contributed by atoms with van der Waals surface area (Å²) in [5.41, 5.74) is 2.55. The van der Waals surface area contributed by atoms with Crippen LogP contribution >= 0.6 is 0 Å². The monoisotopic (exact) mass is 481 g/mol. The van der Waals surface area contributed by atoms with Gasteiger partial charge in [0.05, 0.1) is 19.7 Å². The van der Waals surface area contributed by atoms with E-state index < -0.39 is 6.09 Å². The number of ether oxygens (including phenoxy) is 4. The van der Waals surface area contributed by atoms with E-state index in [1.807, 2.05) is 31.2 Å². The van der Waals surface area contributed by atoms with Crippen LogP contribution in [0.25, 0.3) is 10.9 Å². The van der Waals surface area contributed by atoms with E-state index in [0.29, 0.717) is 30.3 Å². The molecule has 188 valence electrons. The van der Waals surface area contributed by atoms with E-state index in [-0.39, 0.29) is 5.92 Å². The van der Waals surface area contributed by atoms with E-state index in [1.54, 1.807) is 20.4 Å². The Hall–Kier alpha value is -3.26. The topological polar surface area (TPSA) is 82.2 Å². The Kier molecular flexibility index (Phi) is 8.13. The first-order valence-electron chi connectivity index (χ1n) is 12.2. The van der Waals surface area contributed by atoms with Crippen molar-refractivity contribution in [2.24, 2.45) is 5.92 Å². The number of nitrogens with one attached hydrogen (secondary N) is 1. The quantitative estimate of drug-likeness (QED) is 0.566. The minimum absolute atomic E-state index is 0.0751. The zero-order valence-corrected chi connectivity index (χ0v) is 21.1. The third kappa shape index (κ3) is 6.06. The van der Waals surface area contributed by atoms with Gasteiger partial charge in [0.2, 0.25) is 0 Å². The van der Waals surface area contributed by atoms with Crippen LogP contribution in [0.5, 0.6) is 17.2 Å². The van der Waals surface area contributed by atoms with Crippen molar-refractivity contribution in [1.82, 2.24) is 15.2 Å². The number of nitrogens with zero attached hydrogens (tertiary/aromatic N) is 2. The summed E-state index contributed by atoms with van der Waals surface area (Å²) in [5.74, 6) is 2.85. The van der Waals surface area contributed by atoms with Crippen LogP contribution < -0.4 is 19.5 Å². The van der Waals surface area contributed by atoms with Crippen molar-refractivity contribution in [1.29, 1.82) is 0 Å². The van der Waals surface area contributed by atoms with E-state index in [9.17, 15) is 4.79 Å². The molecule has 2 aliphatic rings. The number of methoxy groups -OCH3 is 2. The predicted molar refractivity (Wildman–Crippen MR) is 135 cm³/mol. The number of fused-ring (bicyclic) bond motifs is 1. The number of hydrogen-bond acceptors (Lipinski definition) is 7. The molecule has 0 spiro atoms. The Morgan fingerprint density at radius 3 is 2.60 bits per heavy atom. The zero-order chi connectivity index (χ0) is 24.8. The van der Waals surface area contributed by atoms with Crippen LogP contribution in [0.2, 0.25) is 0 Å². The highest BCUT2D eigenvalue weighted by Gasteiger charge is 2.23. The second-order valence-electron chi connectivity index (χ2n) is 9.11. The molecule has 1 fully saturated rings. The first kappa shape index (κ1) is 24.9. The van der Waals surface area contributed by atoms with Crippen LogP contribution in [0, 0.1) is 5.92 Å². The summed E-state index contributed by atoms with van der Waals surface area (Å²) in [6, 6.07) is 5.56. The number of aromatic nitrogens is 1. The van der Waals surface area contributed by atoms with Crippen LogP contribution in [-0.2, 0) is 4.74 Å². The Labute approximate surface area is 206 Å². The van der Waals surface area contributed by atoms with Gasteiger partial charge >= 0.3 is 6.09 Å². The summed E-state index contributed by atoms with van der Waals surface area (Å²) in [6.07, 6.45) is 7.67. The van der Waals surface area contributed by atoms with Crippen molar-refractivity contribution in [2.45, 2.75) is 39.5 Å².